The van der Waals surface area contributed by atoms with E-state index < -0.39 is 5.60 Å². The van der Waals surface area contributed by atoms with Gasteiger partial charge in [-0.2, -0.15) is 0 Å². The van der Waals surface area contributed by atoms with Gasteiger partial charge in [0.15, 0.2) is 5.60 Å². The van der Waals surface area contributed by atoms with E-state index in [9.17, 15) is 4.79 Å². The van der Waals surface area contributed by atoms with E-state index in [4.69, 9.17) is 18.9 Å². The van der Waals surface area contributed by atoms with Gasteiger partial charge in [-0.15, -0.1) is 0 Å². The molecule has 2 heterocycles. The van der Waals surface area contributed by atoms with Gasteiger partial charge in [-0.05, 0) is 43.0 Å². The molecule has 0 amide bonds. The van der Waals surface area contributed by atoms with Gasteiger partial charge in [0.25, 0.3) is 0 Å². The smallest absolute Gasteiger partial charge is 0.336 e. The average Bonchev–Trinajstić information content (AvgIpc) is 3.07. The third-order valence-electron chi connectivity index (χ3n) is 6.29. The number of hydrogen-bond donors (Lipinski definition) is 0. The molecule has 1 spiro atoms. The molecule has 31 heavy (non-hydrogen) atoms. The van der Waals surface area contributed by atoms with Crippen molar-refractivity contribution in [2.75, 3.05) is 13.7 Å². The molecule has 0 bridgehead atoms. The Morgan fingerprint density at radius 2 is 1.81 bits per heavy atom. The number of carbonyl (C=O) groups is 1. The van der Waals surface area contributed by atoms with E-state index in [1.807, 2.05) is 42.5 Å². The van der Waals surface area contributed by atoms with Crippen molar-refractivity contribution in [3.63, 3.8) is 0 Å². The summed E-state index contributed by atoms with van der Waals surface area (Å²) in [6.07, 6.45) is 7.03. The summed E-state index contributed by atoms with van der Waals surface area (Å²) in [5, 5.41) is 0. The largest absolute Gasteiger partial charge is 0.497 e. The summed E-state index contributed by atoms with van der Waals surface area (Å²) < 4.78 is 23.9. The molecule has 0 saturated heterocycles. The lowest BCUT2D eigenvalue weighted by atomic mass is 9.74. The molecular formula is C26H26O5. The number of carbonyl (C=O) groups excluding carboxylic acids is 1. The molecule has 5 heteroatoms. The van der Waals surface area contributed by atoms with Crippen LogP contribution < -0.4 is 14.2 Å². The van der Waals surface area contributed by atoms with Gasteiger partial charge in [0.05, 0.1) is 13.7 Å². The predicted molar refractivity (Wildman–Crippen MR) is 117 cm³/mol. The molecule has 160 valence electrons. The third-order valence-corrected chi connectivity index (χ3v) is 6.29. The molecule has 0 radical (unpaired) electrons. The molecular weight excluding hydrogens is 392 g/mol. The molecule has 1 unspecified atom stereocenters. The standard InChI is InChI=1S/C26H26O5/c1-4-5-13-29-18-10-12-20-23(15-18)30-22-14-17(28-3)9-11-19(22)26(20)21-8-6-7-16(2)24(21)25(27)31-26/h6,8-12,14-16H,4-5,7,13H2,1-3H3/t16?,26-/m0/s1. The van der Waals surface area contributed by atoms with Gasteiger partial charge < -0.3 is 18.9 Å². The Bertz CT molecular complexity index is 1110. The zero-order valence-corrected chi connectivity index (χ0v) is 18.1. The fourth-order valence-corrected chi connectivity index (χ4v) is 4.70. The van der Waals surface area contributed by atoms with E-state index in [1.165, 1.54) is 0 Å². The van der Waals surface area contributed by atoms with Gasteiger partial charge in [-0.1, -0.05) is 32.4 Å². The summed E-state index contributed by atoms with van der Waals surface area (Å²) in [6.45, 7) is 4.85. The Hall–Kier alpha value is -3.21. The molecule has 0 saturated carbocycles. The summed E-state index contributed by atoms with van der Waals surface area (Å²) in [5.41, 5.74) is 2.23. The minimum absolute atomic E-state index is 0.108. The Morgan fingerprint density at radius 1 is 1.10 bits per heavy atom. The highest BCUT2D eigenvalue weighted by Gasteiger charge is 2.55. The minimum Gasteiger partial charge on any atom is -0.497 e. The van der Waals surface area contributed by atoms with Crippen molar-refractivity contribution >= 4 is 5.97 Å². The zero-order chi connectivity index (χ0) is 21.6. The van der Waals surface area contributed by atoms with E-state index in [1.54, 1.807) is 7.11 Å². The van der Waals surface area contributed by atoms with Gasteiger partial charge in [-0.25, -0.2) is 4.79 Å². The van der Waals surface area contributed by atoms with Crippen LogP contribution in [0.5, 0.6) is 23.0 Å². The van der Waals surface area contributed by atoms with Crippen molar-refractivity contribution < 1.29 is 23.7 Å². The molecule has 0 fully saturated rings. The Kier molecular flexibility index (Phi) is 4.77. The van der Waals surface area contributed by atoms with Crippen LogP contribution >= 0.6 is 0 Å². The molecule has 2 atom stereocenters. The number of esters is 1. The first-order valence-corrected chi connectivity index (χ1v) is 10.9. The average molecular weight is 418 g/mol. The van der Waals surface area contributed by atoms with Crippen LogP contribution in [-0.4, -0.2) is 19.7 Å². The van der Waals surface area contributed by atoms with E-state index >= 15 is 0 Å². The monoisotopic (exact) mass is 418 g/mol. The third kappa shape index (κ3) is 2.94. The topological polar surface area (TPSA) is 54.0 Å². The van der Waals surface area contributed by atoms with Crippen molar-refractivity contribution in [1.29, 1.82) is 0 Å². The maximum absolute atomic E-state index is 13.1. The first-order valence-electron chi connectivity index (χ1n) is 10.9. The zero-order valence-electron chi connectivity index (χ0n) is 18.1. The lowest BCUT2D eigenvalue weighted by molar-refractivity contribution is -0.145. The highest BCUT2D eigenvalue weighted by molar-refractivity contribution is 5.96. The molecule has 2 aromatic rings. The van der Waals surface area contributed by atoms with Crippen LogP contribution in [0.25, 0.3) is 0 Å². The van der Waals surface area contributed by atoms with Crippen LogP contribution in [0.3, 0.4) is 0 Å². The summed E-state index contributed by atoms with van der Waals surface area (Å²) >= 11 is 0. The summed E-state index contributed by atoms with van der Waals surface area (Å²) in [5.74, 6) is 2.51. The highest BCUT2D eigenvalue weighted by Crippen LogP contribution is 2.58. The number of fused-ring (bicyclic) bond motifs is 5. The number of rotatable bonds is 5. The van der Waals surface area contributed by atoms with Crippen LogP contribution in [0.1, 0.15) is 44.2 Å². The SMILES string of the molecule is CCCCOc1ccc2c(c1)Oc1cc(OC)ccc1[C@]21OC(=O)C2=C1C=CCC2C. The first kappa shape index (κ1) is 19.7. The van der Waals surface area contributed by atoms with Gasteiger partial charge >= 0.3 is 5.97 Å². The second-order valence-electron chi connectivity index (χ2n) is 8.26. The minimum atomic E-state index is -1.03. The number of hydrogen-bond acceptors (Lipinski definition) is 5. The lowest BCUT2D eigenvalue weighted by Crippen LogP contribution is -2.34. The quantitative estimate of drug-likeness (QED) is 0.462. The summed E-state index contributed by atoms with van der Waals surface area (Å²) in [4.78, 5) is 13.1. The lowest BCUT2D eigenvalue weighted by Gasteiger charge is -2.37. The second-order valence-corrected chi connectivity index (χ2v) is 8.26. The predicted octanol–water partition coefficient (Wildman–Crippen LogP) is 5.67. The molecule has 2 aromatic carbocycles. The molecule has 3 aliphatic rings. The molecule has 2 aliphatic heterocycles. The Labute approximate surface area is 182 Å². The van der Waals surface area contributed by atoms with Gasteiger partial charge in [0, 0.05) is 34.4 Å². The van der Waals surface area contributed by atoms with Crippen molar-refractivity contribution in [3.05, 3.63) is 70.8 Å². The van der Waals surface area contributed by atoms with Gasteiger partial charge in [0.1, 0.15) is 23.0 Å². The fraction of sp³-hybridized carbons (Fsp3) is 0.346. The van der Waals surface area contributed by atoms with Crippen molar-refractivity contribution in [2.45, 2.75) is 38.7 Å². The van der Waals surface area contributed by atoms with Crippen LogP contribution in [0.2, 0.25) is 0 Å². The van der Waals surface area contributed by atoms with E-state index in [0.717, 1.165) is 47.3 Å². The number of benzene rings is 2. The number of ether oxygens (including phenoxy) is 4. The van der Waals surface area contributed by atoms with Crippen molar-refractivity contribution in [3.8, 4) is 23.0 Å². The molecule has 1 aliphatic carbocycles. The highest BCUT2D eigenvalue weighted by atomic mass is 16.6. The number of unbranched alkanes of at least 4 members (excludes halogenated alkanes) is 1. The molecule has 5 nitrogen and oxygen atoms in total. The number of allylic oxidation sites excluding steroid dienone is 1. The number of methoxy groups -OCH3 is 1. The summed E-state index contributed by atoms with van der Waals surface area (Å²) in [7, 11) is 1.62. The van der Waals surface area contributed by atoms with E-state index in [0.29, 0.717) is 23.9 Å². The maximum Gasteiger partial charge on any atom is 0.336 e. The molecule has 5 rings (SSSR count). The maximum atomic E-state index is 13.1. The van der Waals surface area contributed by atoms with Crippen molar-refractivity contribution in [2.24, 2.45) is 5.92 Å². The normalized spacial score (nSPS) is 23.1. The second kappa shape index (κ2) is 7.49. The van der Waals surface area contributed by atoms with Crippen LogP contribution in [-0.2, 0) is 15.1 Å². The van der Waals surface area contributed by atoms with Crippen LogP contribution in [0.15, 0.2) is 59.7 Å². The Balaban J connectivity index is 1.71. The molecule has 0 aromatic heterocycles. The molecule has 0 N–H and O–H groups in total. The van der Waals surface area contributed by atoms with Crippen LogP contribution in [0.4, 0.5) is 0 Å². The summed E-state index contributed by atoms with van der Waals surface area (Å²) in [6, 6.07) is 11.4. The van der Waals surface area contributed by atoms with E-state index in [-0.39, 0.29) is 11.9 Å². The van der Waals surface area contributed by atoms with Gasteiger partial charge in [0.2, 0.25) is 0 Å². The van der Waals surface area contributed by atoms with Gasteiger partial charge in [-0.3, -0.25) is 0 Å². The van der Waals surface area contributed by atoms with Crippen molar-refractivity contribution in [1.82, 2.24) is 0 Å². The van der Waals surface area contributed by atoms with Crippen LogP contribution in [0, 0.1) is 5.92 Å². The fourth-order valence-electron chi connectivity index (χ4n) is 4.70. The Morgan fingerprint density at radius 3 is 2.52 bits per heavy atom. The first-order chi connectivity index (χ1) is 15.1. The van der Waals surface area contributed by atoms with E-state index in [2.05, 4.69) is 19.9 Å².